The third kappa shape index (κ3) is 3.53. The molecule has 2 fully saturated rings. The van der Waals surface area contributed by atoms with Gasteiger partial charge in [-0.25, -0.2) is 0 Å². The summed E-state index contributed by atoms with van der Waals surface area (Å²) in [5.74, 6) is 0. The number of anilines is 1. The average Bonchev–Trinajstić information content (AvgIpc) is 2.87. The summed E-state index contributed by atoms with van der Waals surface area (Å²) in [6.45, 7) is 6.00. The molecular formula is C17H27N3. The molecular weight excluding hydrogens is 246 g/mol. The van der Waals surface area contributed by atoms with E-state index in [1.54, 1.807) is 0 Å². The van der Waals surface area contributed by atoms with Gasteiger partial charge >= 0.3 is 0 Å². The van der Waals surface area contributed by atoms with Gasteiger partial charge in [0.2, 0.25) is 0 Å². The molecule has 1 saturated heterocycles. The molecule has 20 heavy (non-hydrogen) atoms. The molecule has 3 heteroatoms. The summed E-state index contributed by atoms with van der Waals surface area (Å²) in [6, 6.07) is 9.21. The minimum absolute atomic E-state index is 0.877. The van der Waals surface area contributed by atoms with E-state index in [1.165, 1.54) is 63.8 Å². The first kappa shape index (κ1) is 13.9. The van der Waals surface area contributed by atoms with Crippen LogP contribution in [0.3, 0.4) is 0 Å². The molecule has 0 unspecified atom stereocenters. The molecule has 1 saturated carbocycles. The Hall–Kier alpha value is -1.06. The zero-order valence-electron chi connectivity index (χ0n) is 12.4. The molecule has 0 amide bonds. The van der Waals surface area contributed by atoms with E-state index in [-0.39, 0.29) is 0 Å². The number of hydrogen-bond donors (Lipinski definition) is 1. The second kappa shape index (κ2) is 6.59. The summed E-state index contributed by atoms with van der Waals surface area (Å²) >= 11 is 0. The fourth-order valence-electron chi connectivity index (χ4n) is 3.73. The van der Waals surface area contributed by atoms with Gasteiger partial charge in [-0.3, -0.25) is 9.80 Å². The van der Waals surface area contributed by atoms with Crippen molar-refractivity contribution < 1.29 is 0 Å². The first-order valence-corrected chi connectivity index (χ1v) is 8.12. The van der Waals surface area contributed by atoms with Crippen molar-refractivity contribution >= 4 is 5.69 Å². The minimum atomic E-state index is 0.877. The molecule has 2 aliphatic rings. The summed E-state index contributed by atoms with van der Waals surface area (Å²) < 4.78 is 0. The van der Waals surface area contributed by atoms with Crippen LogP contribution in [0.25, 0.3) is 0 Å². The van der Waals surface area contributed by atoms with E-state index in [0.29, 0.717) is 0 Å². The highest BCUT2D eigenvalue weighted by Gasteiger charge is 2.24. The lowest BCUT2D eigenvalue weighted by Gasteiger charge is -2.27. The quantitative estimate of drug-likeness (QED) is 0.860. The fourth-order valence-corrected chi connectivity index (χ4v) is 3.73. The van der Waals surface area contributed by atoms with Crippen LogP contribution in [0.2, 0.25) is 0 Å². The Morgan fingerprint density at radius 3 is 2.65 bits per heavy atom. The molecule has 1 aliphatic carbocycles. The number of nitrogens with two attached hydrogens (primary N) is 1. The number of rotatable bonds is 3. The van der Waals surface area contributed by atoms with Gasteiger partial charge in [-0.1, -0.05) is 25.0 Å². The molecule has 0 radical (unpaired) electrons. The van der Waals surface area contributed by atoms with Crippen molar-refractivity contribution in [3.63, 3.8) is 0 Å². The summed E-state index contributed by atoms with van der Waals surface area (Å²) in [7, 11) is 0. The van der Waals surface area contributed by atoms with Crippen LogP contribution in [0, 0.1) is 0 Å². The van der Waals surface area contributed by atoms with Gasteiger partial charge in [0, 0.05) is 31.4 Å². The largest absolute Gasteiger partial charge is 0.399 e. The van der Waals surface area contributed by atoms with Gasteiger partial charge in [0.25, 0.3) is 0 Å². The van der Waals surface area contributed by atoms with Crippen molar-refractivity contribution in [2.75, 3.05) is 31.9 Å². The SMILES string of the molecule is Nc1cccc(CN2CCCN(C3CCCC3)CC2)c1. The third-order valence-corrected chi connectivity index (χ3v) is 4.82. The number of nitrogens with zero attached hydrogens (tertiary/aromatic N) is 2. The van der Waals surface area contributed by atoms with E-state index in [4.69, 9.17) is 5.73 Å². The van der Waals surface area contributed by atoms with Crippen molar-refractivity contribution in [2.45, 2.75) is 44.7 Å². The molecule has 0 aromatic heterocycles. The maximum Gasteiger partial charge on any atom is 0.0317 e. The van der Waals surface area contributed by atoms with Crippen molar-refractivity contribution in [3.05, 3.63) is 29.8 Å². The average molecular weight is 273 g/mol. The van der Waals surface area contributed by atoms with Crippen molar-refractivity contribution in [1.82, 2.24) is 9.80 Å². The monoisotopic (exact) mass is 273 g/mol. The topological polar surface area (TPSA) is 32.5 Å². The van der Waals surface area contributed by atoms with Crippen LogP contribution in [0.1, 0.15) is 37.7 Å². The van der Waals surface area contributed by atoms with Gasteiger partial charge in [0.1, 0.15) is 0 Å². The normalized spacial score (nSPS) is 23.0. The molecule has 2 N–H and O–H groups in total. The van der Waals surface area contributed by atoms with Crippen molar-refractivity contribution in [1.29, 1.82) is 0 Å². The highest BCUT2D eigenvalue weighted by molar-refractivity contribution is 5.40. The second-order valence-corrected chi connectivity index (χ2v) is 6.35. The molecule has 0 atom stereocenters. The van der Waals surface area contributed by atoms with E-state index in [9.17, 15) is 0 Å². The van der Waals surface area contributed by atoms with E-state index in [0.717, 1.165) is 18.3 Å². The van der Waals surface area contributed by atoms with E-state index >= 15 is 0 Å². The van der Waals surface area contributed by atoms with E-state index in [2.05, 4.69) is 28.0 Å². The molecule has 3 nitrogen and oxygen atoms in total. The zero-order valence-corrected chi connectivity index (χ0v) is 12.4. The van der Waals surface area contributed by atoms with Crippen molar-refractivity contribution in [3.8, 4) is 0 Å². The molecule has 110 valence electrons. The van der Waals surface area contributed by atoms with Crippen LogP contribution in [0.5, 0.6) is 0 Å². The minimum Gasteiger partial charge on any atom is -0.399 e. The van der Waals surface area contributed by atoms with Gasteiger partial charge in [0.05, 0.1) is 0 Å². The Labute approximate surface area is 122 Å². The standard InChI is InChI=1S/C17H27N3/c18-16-6-3-5-15(13-16)14-19-9-4-10-20(12-11-19)17-7-1-2-8-17/h3,5-6,13,17H,1-2,4,7-12,14,18H2. The molecule has 3 rings (SSSR count). The van der Waals surface area contributed by atoms with Crippen LogP contribution in [-0.2, 0) is 6.54 Å². The molecule has 1 aromatic carbocycles. The molecule has 1 aromatic rings. The Bertz CT molecular complexity index is 426. The molecule has 1 aliphatic heterocycles. The Morgan fingerprint density at radius 1 is 1.00 bits per heavy atom. The maximum atomic E-state index is 5.87. The van der Waals surface area contributed by atoms with Crippen LogP contribution in [-0.4, -0.2) is 42.0 Å². The van der Waals surface area contributed by atoms with Gasteiger partial charge in [-0.2, -0.15) is 0 Å². The lowest BCUT2D eigenvalue weighted by molar-refractivity contribution is 0.198. The highest BCUT2D eigenvalue weighted by atomic mass is 15.2. The molecule has 0 spiro atoms. The first-order valence-electron chi connectivity index (χ1n) is 8.12. The Kier molecular flexibility index (Phi) is 4.58. The molecule has 0 bridgehead atoms. The Balaban J connectivity index is 1.54. The smallest absolute Gasteiger partial charge is 0.0317 e. The summed E-state index contributed by atoms with van der Waals surface area (Å²) in [4.78, 5) is 5.33. The predicted octanol–water partition coefficient (Wildman–Crippen LogP) is 2.72. The van der Waals surface area contributed by atoms with Crippen LogP contribution >= 0.6 is 0 Å². The highest BCUT2D eigenvalue weighted by Crippen LogP contribution is 2.24. The maximum absolute atomic E-state index is 5.87. The number of nitrogen functional groups attached to an aromatic ring is 1. The van der Waals surface area contributed by atoms with Gasteiger partial charge in [-0.05, 0) is 50.0 Å². The summed E-state index contributed by atoms with van der Waals surface area (Å²) in [6.07, 6.45) is 7.03. The molecule has 1 heterocycles. The fraction of sp³-hybridized carbons (Fsp3) is 0.647. The van der Waals surface area contributed by atoms with Crippen LogP contribution in [0.4, 0.5) is 5.69 Å². The second-order valence-electron chi connectivity index (χ2n) is 6.35. The number of hydrogen-bond acceptors (Lipinski definition) is 3. The zero-order chi connectivity index (χ0) is 13.8. The first-order chi connectivity index (χ1) is 9.81. The van der Waals surface area contributed by atoms with Crippen LogP contribution in [0.15, 0.2) is 24.3 Å². The van der Waals surface area contributed by atoms with Crippen LogP contribution < -0.4 is 5.73 Å². The van der Waals surface area contributed by atoms with Gasteiger partial charge in [-0.15, -0.1) is 0 Å². The predicted molar refractivity (Wildman–Crippen MR) is 84.6 cm³/mol. The lowest BCUT2D eigenvalue weighted by atomic mass is 10.2. The van der Waals surface area contributed by atoms with E-state index in [1.807, 2.05) is 6.07 Å². The van der Waals surface area contributed by atoms with Crippen molar-refractivity contribution in [2.24, 2.45) is 0 Å². The van der Waals surface area contributed by atoms with Gasteiger partial charge in [0.15, 0.2) is 0 Å². The Morgan fingerprint density at radius 2 is 1.85 bits per heavy atom. The summed E-state index contributed by atoms with van der Waals surface area (Å²) in [5.41, 5.74) is 8.10. The number of benzene rings is 1. The van der Waals surface area contributed by atoms with Gasteiger partial charge < -0.3 is 5.73 Å². The lowest BCUT2D eigenvalue weighted by Crippen LogP contribution is -2.36. The van der Waals surface area contributed by atoms with E-state index < -0.39 is 0 Å². The third-order valence-electron chi connectivity index (χ3n) is 4.82. The summed E-state index contributed by atoms with van der Waals surface area (Å²) in [5, 5.41) is 0.